The fraction of sp³-hybridized carbons (Fsp3) is 0.200. The molecule has 0 saturated carbocycles. The average Bonchev–Trinajstić information content (AvgIpc) is 3.20. The molecular formula is C20H20N2O3S. The van der Waals surface area contributed by atoms with Crippen molar-refractivity contribution in [2.75, 3.05) is 14.2 Å². The van der Waals surface area contributed by atoms with Gasteiger partial charge in [0, 0.05) is 18.3 Å². The topological polar surface area (TPSA) is 51.7 Å². The first-order chi connectivity index (χ1) is 12.7. The van der Waals surface area contributed by atoms with E-state index in [0.29, 0.717) is 30.2 Å². The van der Waals surface area contributed by atoms with Crippen molar-refractivity contribution in [1.82, 2.24) is 9.88 Å². The summed E-state index contributed by atoms with van der Waals surface area (Å²) in [6.07, 6.45) is 1.74. The molecule has 1 aromatic carbocycles. The standard InChI is InChI=1S/C20H20N2O3S/c1-24-18-7-6-16(11-19(18)25-2)20(23)22(12-15-8-10-26-14-15)13-17-5-3-4-9-21-17/h3-11,14H,12-13H2,1-2H3. The van der Waals surface area contributed by atoms with Crippen LogP contribution in [-0.2, 0) is 13.1 Å². The number of thiophene rings is 1. The third kappa shape index (κ3) is 4.21. The van der Waals surface area contributed by atoms with Crippen LogP contribution in [0, 0.1) is 0 Å². The van der Waals surface area contributed by atoms with Gasteiger partial charge in [-0.2, -0.15) is 11.3 Å². The normalized spacial score (nSPS) is 10.4. The van der Waals surface area contributed by atoms with E-state index in [1.165, 1.54) is 0 Å². The van der Waals surface area contributed by atoms with E-state index in [9.17, 15) is 4.79 Å². The first-order valence-electron chi connectivity index (χ1n) is 8.13. The predicted molar refractivity (Wildman–Crippen MR) is 102 cm³/mol. The molecule has 0 aliphatic rings. The SMILES string of the molecule is COc1ccc(C(=O)N(Cc2ccsc2)Cc2ccccn2)cc1OC. The molecule has 0 spiro atoms. The number of ether oxygens (including phenoxy) is 2. The maximum atomic E-state index is 13.1. The number of aromatic nitrogens is 1. The Hall–Kier alpha value is -2.86. The number of pyridine rings is 1. The fourth-order valence-electron chi connectivity index (χ4n) is 2.64. The zero-order valence-electron chi connectivity index (χ0n) is 14.7. The van der Waals surface area contributed by atoms with Gasteiger partial charge in [-0.25, -0.2) is 0 Å². The van der Waals surface area contributed by atoms with Crippen molar-refractivity contribution < 1.29 is 14.3 Å². The minimum Gasteiger partial charge on any atom is -0.493 e. The largest absolute Gasteiger partial charge is 0.493 e. The van der Waals surface area contributed by atoms with Crippen LogP contribution in [0.1, 0.15) is 21.6 Å². The van der Waals surface area contributed by atoms with Gasteiger partial charge >= 0.3 is 0 Å². The summed E-state index contributed by atoms with van der Waals surface area (Å²) < 4.78 is 10.6. The Kier molecular flexibility index (Phi) is 5.86. The van der Waals surface area contributed by atoms with Gasteiger partial charge in [-0.05, 0) is 52.7 Å². The smallest absolute Gasteiger partial charge is 0.254 e. The molecule has 0 fully saturated rings. The quantitative estimate of drug-likeness (QED) is 0.632. The Balaban J connectivity index is 1.88. The molecule has 0 saturated heterocycles. The highest BCUT2D eigenvalue weighted by Gasteiger charge is 2.19. The molecule has 0 N–H and O–H groups in total. The van der Waals surface area contributed by atoms with E-state index in [0.717, 1.165) is 11.3 Å². The molecule has 1 amide bonds. The van der Waals surface area contributed by atoms with Crippen molar-refractivity contribution in [1.29, 1.82) is 0 Å². The van der Waals surface area contributed by atoms with E-state index in [-0.39, 0.29) is 5.91 Å². The van der Waals surface area contributed by atoms with Crippen LogP contribution in [0.2, 0.25) is 0 Å². The van der Waals surface area contributed by atoms with Crippen LogP contribution < -0.4 is 9.47 Å². The van der Waals surface area contributed by atoms with E-state index >= 15 is 0 Å². The Labute approximate surface area is 156 Å². The molecule has 0 unspecified atom stereocenters. The zero-order chi connectivity index (χ0) is 18.4. The Bertz CT molecular complexity index is 851. The van der Waals surface area contributed by atoms with Crippen molar-refractivity contribution >= 4 is 17.2 Å². The number of benzene rings is 1. The second-order valence-corrected chi connectivity index (χ2v) is 6.46. The summed E-state index contributed by atoms with van der Waals surface area (Å²) in [5.41, 5.74) is 2.49. The molecule has 5 nitrogen and oxygen atoms in total. The third-order valence-corrected chi connectivity index (χ3v) is 4.68. The summed E-state index contributed by atoms with van der Waals surface area (Å²) in [7, 11) is 3.13. The summed E-state index contributed by atoms with van der Waals surface area (Å²) >= 11 is 1.62. The minimum absolute atomic E-state index is 0.0807. The van der Waals surface area contributed by atoms with E-state index in [4.69, 9.17) is 9.47 Å². The number of amides is 1. The maximum absolute atomic E-state index is 13.1. The Morgan fingerprint density at radius 1 is 1.08 bits per heavy atom. The van der Waals surface area contributed by atoms with Gasteiger partial charge in [-0.1, -0.05) is 6.07 Å². The fourth-order valence-corrected chi connectivity index (χ4v) is 3.30. The number of hydrogen-bond acceptors (Lipinski definition) is 5. The van der Waals surface area contributed by atoms with E-state index in [2.05, 4.69) is 4.98 Å². The van der Waals surface area contributed by atoms with Crippen molar-refractivity contribution in [3.8, 4) is 11.5 Å². The monoisotopic (exact) mass is 368 g/mol. The van der Waals surface area contributed by atoms with Gasteiger partial charge in [0.25, 0.3) is 5.91 Å². The molecule has 0 radical (unpaired) electrons. The number of hydrogen-bond donors (Lipinski definition) is 0. The van der Waals surface area contributed by atoms with Gasteiger partial charge < -0.3 is 14.4 Å². The lowest BCUT2D eigenvalue weighted by Crippen LogP contribution is -2.30. The molecular weight excluding hydrogens is 348 g/mol. The predicted octanol–water partition coefficient (Wildman–Crippen LogP) is 4.00. The number of rotatable bonds is 7. The van der Waals surface area contributed by atoms with Gasteiger partial charge in [0.2, 0.25) is 0 Å². The van der Waals surface area contributed by atoms with Gasteiger partial charge in [0.05, 0.1) is 26.5 Å². The van der Waals surface area contributed by atoms with E-state index in [1.54, 1.807) is 54.9 Å². The Morgan fingerprint density at radius 3 is 2.58 bits per heavy atom. The first-order valence-corrected chi connectivity index (χ1v) is 9.08. The lowest BCUT2D eigenvalue weighted by atomic mass is 10.1. The molecule has 0 bridgehead atoms. The zero-order valence-corrected chi connectivity index (χ0v) is 15.5. The summed E-state index contributed by atoms with van der Waals surface area (Å²) in [5.74, 6) is 1.05. The lowest BCUT2D eigenvalue weighted by Gasteiger charge is -2.22. The molecule has 26 heavy (non-hydrogen) atoms. The van der Waals surface area contributed by atoms with Crippen LogP contribution in [0.15, 0.2) is 59.4 Å². The first kappa shape index (κ1) is 17.9. The van der Waals surface area contributed by atoms with Crippen LogP contribution in [0.25, 0.3) is 0 Å². The van der Waals surface area contributed by atoms with Crippen molar-refractivity contribution in [3.05, 3.63) is 76.2 Å². The summed E-state index contributed by atoms with van der Waals surface area (Å²) in [4.78, 5) is 19.3. The molecule has 2 aromatic heterocycles. The molecule has 6 heteroatoms. The van der Waals surface area contributed by atoms with Crippen molar-refractivity contribution in [3.63, 3.8) is 0 Å². The minimum atomic E-state index is -0.0807. The molecule has 0 aliphatic heterocycles. The van der Waals surface area contributed by atoms with Crippen LogP contribution in [0.5, 0.6) is 11.5 Å². The van der Waals surface area contributed by atoms with Crippen LogP contribution in [0.4, 0.5) is 0 Å². The second kappa shape index (κ2) is 8.49. The van der Waals surface area contributed by atoms with E-state index < -0.39 is 0 Å². The highest BCUT2D eigenvalue weighted by Crippen LogP contribution is 2.28. The number of carbonyl (C=O) groups is 1. The van der Waals surface area contributed by atoms with E-state index in [1.807, 2.05) is 35.0 Å². The summed E-state index contributed by atoms with van der Waals surface area (Å²) in [5, 5.41) is 4.06. The Morgan fingerprint density at radius 2 is 1.92 bits per heavy atom. The average molecular weight is 368 g/mol. The number of carbonyl (C=O) groups excluding carboxylic acids is 1. The number of methoxy groups -OCH3 is 2. The number of nitrogens with zero attached hydrogens (tertiary/aromatic N) is 2. The van der Waals surface area contributed by atoms with Crippen LogP contribution >= 0.6 is 11.3 Å². The van der Waals surface area contributed by atoms with Crippen molar-refractivity contribution in [2.24, 2.45) is 0 Å². The molecule has 0 aliphatic carbocycles. The highest BCUT2D eigenvalue weighted by atomic mass is 32.1. The third-order valence-electron chi connectivity index (χ3n) is 3.95. The molecule has 2 heterocycles. The highest BCUT2D eigenvalue weighted by molar-refractivity contribution is 7.07. The van der Waals surface area contributed by atoms with Crippen LogP contribution in [0.3, 0.4) is 0 Å². The second-order valence-electron chi connectivity index (χ2n) is 5.68. The van der Waals surface area contributed by atoms with Crippen LogP contribution in [-0.4, -0.2) is 30.0 Å². The lowest BCUT2D eigenvalue weighted by molar-refractivity contribution is 0.0727. The van der Waals surface area contributed by atoms with Gasteiger partial charge in [0.1, 0.15) is 0 Å². The maximum Gasteiger partial charge on any atom is 0.254 e. The molecule has 3 aromatic rings. The van der Waals surface area contributed by atoms with Gasteiger partial charge in [0.15, 0.2) is 11.5 Å². The van der Waals surface area contributed by atoms with Gasteiger partial charge in [-0.15, -0.1) is 0 Å². The molecule has 0 atom stereocenters. The molecule has 134 valence electrons. The summed E-state index contributed by atoms with van der Waals surface area (Å²) in [6.45, 7) is 0.955. The van der Waals surface area contributed by atoms with Crippen molar-refractivity contribution in [2.45, 2.75) is 13.1 Å². The molecule has 3 rings (SSSR count). The summed E-state index contributed by atoms with van der Waals surface area (Å²) in [6, 6.07) is 12.9. The van der Waals surface area contributed by atoms with Gasteiger partial charge in [-0.3, -0.25) is 9.78 Å².